The molecule has 1 aromatic carbocycles. The summed E-state index contributed by atoms with van der Waals surface area (Å²) in [7, 11) is 0. The van der Waals surface area contributed by atoms with E-state index in [1.165, 1.54) is 54.1 Å². The zero-order chi connectivity index (χ0) is 18.9. The summed E-state index contributed by atoms with van der Waals surface area (Å²) in [6, 6.07) is 7.41. The molecule has 0 bridgehead atoms. The van der Waals surface area contributed by atoms with Crippen molar-refractivity contribution in [3.63, 3.8) is 0 Å². The Morgan fingerprint density at radius 3 is 2.31 bits per heavy atom. The molecular weight excluding hydrogens is 351 g/mol. The van der Waals surface area contributed by atoms with E-state index in [2.05, 4.69) is 10.3 Å². The molecule has 0 aliphatic carbocycles. The minimum atomic E-state index is -5.27. The zero-order valence-electron chi connectivity index (χ0n) is 13.2. The Bertz CT molecular complexity index is 814. The lowest BCUT2D eigenvalue weighted by Crippen LogP contribution is -2.72. The summed E-state index contributed by atoms with van der Waals surface area (Å²) < 4.78 is 41.0. The van der Waals surface area contributed by atoms with Crippen molar-refractivity contribution in [2.75, 3.05) is 0 Å². The molecule has 0 radical (unpaired) electrons. The summed E-state index contributed by atoms with van der Waals surface area (Å²) in [5.74, 6) is -3.00. The van der Waals surface area contributed by atoms with Crippen LogP contribution < -0.4 is 10.6 Å². The van der Waals surface area contributed by atoms with Crippen LogP contribution >= 0.6 is 0 Å². The Hall–Kier alpha value is -2.94. The minimum absolute atomic E-state index is 0.0165. The average molecular weight is 365 g/mol. The van der Waals surface area contributed by atoms with Gasteiger partial charge in [-0.15, -0.1) is 0 Å². The van der Waals surface area contributed by atoms with Crippen LogP contribution in [0.3, 0.4) is 0 Å². The molecule has 0 unspecified atom stereocenters. The van der Waals surface area contributed by atoms with Crippen LogP contribution in [-0.4, -0.2) is 33.8 Å². The molecule has 1 fully saturated rings. The Morgan fingerprint density at radius 2 is 1.73 bits per heavy atom. The van der Waals surface area contributed by atoms with Crippen molar-refractivity contribution in [2.45, 2.75) is 17.9 Å². The highest BCUT2D eigenvalue weighted by atomic mass is 19.4. The normalized spacial score (nSPS) is 25.9. The number of urea groups is 1. The van der Waals surface area contributed by atoms with Gasteiger partial charge in [0, 0.05) is 18.0 Å². The van der Waals surface area contributed by atoms with E-state index in [-0.39, 0.29) is 11.1 Å². The van der Waals surface area contributed by atoms with Crippen molar-refractivity contribution < 1.29 is 27.9 Å². The fourth-order valence-corrected chi connectivity index (χ4v) is 2.97. The van der Waals surface area contributed by atoms with Gasteiger partial charge < -0.3 is 15.7 Å². The van der Waals surface area contributed by atoms with Crippen molar-refractivity contribution in [2.24, 2.45) is 5.92 Å². The SMILES string of the molecule is O=C1N[C@@H](c2ccncc2)[C@H](C(=O)c2ccccc2)[C@](O)(C(F)(F)F)N1. The van der Waals surface area contributed by atoms with Crippen LogP contribution in [0.4, 0.5) is 18.0 Å². The second kappa shape index (κ2) is 6.41. The average Bonchev–Trinajstić information content (AvgIpc) is 2.61. The first-order valence-corrected chi connectivity index (χ1v) is 7.61. The molecule has 2 heterocycles. The van der Waals surface area contributed by atoms with Crippen LogP contribution in [-0.2, 0) is 0 Å². The lowest BCUT2D eigenvalue weighted by atomic mass is 9.77. The molecule has 1 aliphatic heterocycles. The number of nitrogens with one attached hydrogen (secondary N) is 2. The molecule has 3 atom stereocenters. The number of pyridine rings is 1. The summed E-state index contributed by atoms with van der Waals surface area (Å²) in [5, 5.41) is 14.1. The van der Waals surface area contributed by atoms with Gasteiger partial charge in [0.05, 0.1) is 6.04 Å². The first kappa shape index (κ1) is 17.9. The first-order chi connectivity index (χ1) is 12.2. The van der Waals surface area contributed by atoms with Crippen LogP contribution in [0.5, 0.6) is 0 Å². The number of hydrogen-bond donors (Lipinski definition) is 3. The Labute approximate surface area is 146 Å². The molecule has 1 aromatic heterocycles. The molecule has 2 aromatic rings. The number of aromatic nitrogens is 1. The van der Waals surface area contributed by atoms with Gasteiger partial charge in [-0.2, -0.15) is 13.2 Å². The quantitative estimate of drug-likeness (QED) is 0.727. The van der Waals surface area contributed by atoms with Gasteiger partial charge in [0.2, 0.25) is 5.72 Å². The number of rotatable bonds is 3. The van der Waals surface area contributed by atoms with Crippen molar-refractivity contribution in [3.8, 4) is 0 Å². The van der Waals surface area contributed by atoms with Gasteiger partial charge >= 0.3 is 12.2 Å². The van der Waals surface area contributed by atoms with E-state index in [4.69, 9.17) is 0 Å². The lowest BCUT2D eigenvalue weighted by Gasteiger charge is -2.45. The smallest absolute Gasteiger partial charge is 0.363 e. The van der Waals surface area contributed by atoms with E-state index in [0.29, 0.717) is 0 Å². The predicted molar refractivity (Wildman–Crippen MR) is 83.9 cm³/mol. The highest BCUT2D eigenvalue weighted by Gasteiger charge is 2.66. The van der Waals surface area contributed by atoms with Crippen LogP contribution in [0.1, 0.15) is 22.0 Å². The maximum absolute atomic E-state index is 13.7. The number of alkyl halides is 3. The van der Waals surface area contributed by atoms with E-state index < -0.39 is 35.7 Å². The number of aliphatic hydroxyl groups is 1. The fraction of sp³-hybridized carbons (Fsp3) is 0.235. The third-order valence-corrected chi connectivity index (χ3v) is 4.21. The monoisotopic (exact) mass is 365 g/mol. The Balaban J connectivity index is 2.15. The van der Waals surface area contributed by atoms with Crippen molar-refractivity contribution in [3.05, 3.63) is 66.0 Å². The van der Waals surface area contributed by atoms with E-state index >= 15 is 0 Å². The highest BCUT2D eigenvalue weighted by molar-refractivity contribution is 6.00. The highest BCUT2D eigenvalue weighted by Crippen LogP contribution is 2.43. The lowest BCUT2D eigenvalue weighted by molar-refractivity contribution is -0.287. The van der Waals surface area contributed by atoms with E-state index in [9.17, 15) is 27.9 Å². The fourth-order valence-electron chi connectivity index (χ4n) is 2.97. The third kappa shape index (κ3) is 3.01. The standard InChI is InChI=1S/C17H14F3N3O3/c18-17(19,20)16(26)12(14(24)11-4-2-1-3-5-11)13(22-15(25)23-16)10-6-8-21-9-7-10/h1-9,12-13,26H,(H2,22,23,25)/t12-,13+,16+/m1/s1. The second-order valence-corrected chi connectivity index (χ2v) is 5.83. The minimum Gasteiger partial charge on any atom is -0.363 e. The summed E-state index contributed by atoms with van der Waals surface area (Å²) >= 11 is 0. The van der Waals surface area contributed by atoms with Gasteiger partial charge in [-0.25, -0.2) is 4.79 Å². The molecule has 3 N–H and O–H groups in total. The first-order valence-electron chi connectivity index (χ1n) is 7.61. The van der Waals surface area contributed by atoms with Crippen molar-refractivity contribution in [1.82, 2.24) is 15.6 Å². The number of hydrogen-bond acceptors (Lipinski definition) is 4. The molecule has 6 nitrogen and oxygen atoms in total. The predicted octanol–water partition coefficient (Wildman–Crippen LogP) is 2.19. The van der Waals surface area contributed by atoms with Gasteiger partial charge in [0.1, 0.15) is 5.92 Å². The topological polar surface area (TPSA) is 91.3 Å². The number of amides is 2. The number of carbonyl (C=O) groups excluding carboxylic acids is 2. The maximum Gasteiger partial charge on any atom is 0.437 e. The molecule has 3 rings (SSSR count). The third-order valence-electron chi connectivity index (χ3n) is 4.21. The van der Waals surface area contributed by atoms with E-state index in [0.717, 1.165) is 0 Å². The Morgan fingerprint density at radius 1 is 1.12 bits per heavy atom. The van der Waals surface area contributed by atoms with Gasteiger partial charge in [0.25, 0.3) is 0 Å². The number of benzene rings is 1. The molecule has 2 amide bonds. The summed E-state index contributed by atoms with van der Waals surface area (Å²) in [5.41, 5.74) is -3.53. The Kier molecular flexibility index (Phi) is 4.41. The van der Waals surface area contributed by atoms with Crippen LogP contribution in [0.2, 0.25) is 0 Å². The van der Waals surface area contributed by atoms with Crippen LogP contribution in [0.15, 0.2) is 54.9 Å². The van der Waals surface area contributed by atoms with E-state index in [1.807, 2.05) is 0 Å². The van der Waals surface area contributed by atoms with Gasteiger partial charge in [-0.1, -0.05) is 30.3 Å². The van der Waals surface area contributed by atoms with Gasteiger partial charge in [-0.05, 0) is 17.7 Å². The zero-order valence-corrected chi connectivity index (χ0v) is 13.2. The van der Waals surface area contributed by atoms with Gasteiger partial charge in [0.15, 0.2) is 5.78 Å². The molecule has 136 valence electrons. The van der Waals surface area contributed by atoms with Crippen LogP contribution in [0.25, 0.3) is 0 Å². The molecule has 1 aliphatic rings. The van der Waals surface area contributed by atoms with Crippen LogP contribution in [0, 0.1) is 5.92 Å². The number of ketones is 1. The number of nitrogens with zero attached hydrogens (tertiary/aromatic N) is 1. The molecule has 0 saturated carbocycles. The number of carbonyl (C=O) groups is 2. The largest absolute Gasteiger partial charge is 0.437 e. The maximum atomic E-state index is 13.7. The summed E-state index contributed by atoms with van der Waals surface area (Å²) in [4.78, 5) is 28.5. The summed E-state index contributed by atoms with van der Waals surface area (Å²) in [6.45, 7) is 0. The van der Waals surface area contributed by atoms with E-state index in [1.54, 1.807) is 6.07 Å². The number of Topliss-reactive ketones (excluding diaryl/α,β-unsaturated/α-hetero) is 1. The number of halogens is 3. The molecular formula is C17H14F3N3O3. The van der Waals surface area contributed by atoms with Gasteiger partial charge in [-0.3, -0.25) is 9.78 Å². The molecule has 1 saturated heterocycles. The molecule has 9 heteroatoms. The molecule has 26 heavy (non-hydrogen) atoms. The molecule has 0 spiro atoms. The van der Waals surface area contributed by atoms with Crippen molar-refractivity contribution in [1.29, 1.82) is 0 Å². The second-order valence-electron chi connectivity index (χ2n) is 5.83. The summed E-state index contributed by atoms with van der Waals surface area (Å²) in [6.07, 6.45) is -2.63. The van der Waals surface area contributed by atoms with Crippen molar-refractivity contribution >= 4 is 11.8 Å².